The summed E-state index contributed by atoms with van der Waals surface area (Å²) in [5.41, 5.74) is 0.422. The summed E-state index contributed by atoms with van der Waals surface area (Å²) >= 11 is 6.06. The van der Waals surface area contributed by atoms with Gasteiger partial charge in [0, 0.05) is 32.2 Å². The molecule has 0 aromatic carbocycles. The van der Waals surface area contributed by atoms with Gasteiger partial charge in [-0.05, 0) is 13.0 Å². The first-order valence-corrected chi connectivity index (χ1v) is 6.63. The fraction of sp³-hybridized carbons (Fsp3) is 0.308. The van der Waals surface area contributed by atoms with Gasteiger partial charge in [0.25, 0.3) is 5.91 Å². The number of amides is 1. The summed E-state index contributed by atoms with van der Waals surface area (Å²) in [5, 5.41) is 6.22. The number of aromatic nitrogens is 3. The topological polar surface area (TPSA) is 71.8 Å². The molecule has 0 unspecified atom stereocenters. The molecule has 2 aromatic rings. The Kier molecular flexibility index (Phi) is 4.57. The van der Waals surface area contributed by atoms with Crippen LogP contribution in [0.4, 0.5) is 5.82 Å². The molecule has 0 fully saturated rings. The van der Waals surface area contributed by atoms with E-state index in [9.17, 15) is 4.79 Å². The number of imidazole rings is 1. The molecule has 2 N–H and O–H groups in total. The standard InChI is InChI=1S/C13H16ClN5O/c1-3-15-12-10(14)6-9(7-17-12)13(20)18-8-11-16-4-5-19(11)2/h4-7H,3,8H2,1-2H3,(H,15,17)(H,18,20). The van der Waals surface area contributed by atoms with Crippen molar-refractivity contribution in [1.29, 1.82) is 0 Å². The molecule has 6 nitrogen and oxygen atoms in total. The number of nitrogens with one attached hydrogen (secondary N) is 2. The molecule has 0 aliphatic heterocycles. The summed E-state index contributed by atoms with van der Waals surface area (Å²) in [5.74, 6) is 1.13. The largest absolute Gasteiger partial charge is 0.369 e. The van der Waals surface area contributed by atoms with Gasteiger partial charge in [-0.25, -0.2) is 9.97 Å². The predicted octanol–water partition coefficient (Wildman–Crippen LogP) is 1.83. The van der Waals surface area contributed by atoms with E-state index in [2.05, 4.69) is 20.6 Å². The van der Waals surface area contributed by atoms with Crippen molar-refractivity contribution in [2.75, 3.05) is 11.9 Å². The van der Waals surface area contributed by atoms with Crippen molar-refractivity contribution >= 4 is 23.3 Å². The van der Waals surface area contributed by atoms with Gasteiger partial charge in [-0.3, -0.25) is 4.79 Å². The van der Waals surface area contributed by atoms with Crippen molar-refractivity contribution in [1.82, 2.24) is 19.9 Å². The highest BCUT2D eigenvalue weighted by Crippen LogP contribution is 2.19. The van der Waals surface area contributed by atoms with Gasteiger partial charge >= 0.3 is 0 Å². The van der Waals surface area contributed by atoms with E-state index in [1.807, 2.05) is 24.7 Å². The van der Waals surface area contributed by atoms with E-state index >= 15 is 0 Å². The summed E-state index contributed by atoms with van der Waals surface area (Å²) in [6.45, 7) is 3.03. The molecular formula is C13H16ClN5O. The van der Waals surface area contributed by atoms with E-state index in [0.717, 1.165) is 12.4 Å². The van der Waals surface area contributed by atoms with E-state index < -0.39 is 0 Å². The summed E-state index contributed by atoms with van der Waals surface area (Å²) in [4.78, 5) is 20.3. The Bertz CT molecular complexity index is 611. The number of carbonyl (C=O) groups is 1. The zero-order valence-corrected chi connectivity index (χ0v) is 12.1. The molecule has 0 radical (unpaired) electrons. The molecule has 0 aliphatic rings. The molecule has 0 atom stereocenters. The Morgan fingerprint density at radius 3 is 2.85 bits per heavy atom. The third-order valence-corrected chi connectivity index (χ3v) is 3.06. The van der Waals surface area contributed by atoms with Gasteiger partial charge in [-0.15, -0.1) is 0 Å². The van der Waals surface area contributed by atoms with E-state index in [4.69, 9.17) is 11.6 Å². The Labute approximate surface area is 122 Å². The van der Waals surface area contributed by atoms with Gasteiger partial charge in [0.05, 0.1) is 17.1 Å². The quantitative estimate of drug-likeness (QED) is 0.882. The molecule has 20 heavy (non-hydrogen) atoms. The molecule has 0 bridgehead atoms. The molecule has 106 valence electrons. The van der Waals surface area contributed by atoms with Crippen LogP contribution in [0.15, 0.2) is 24.7 Å². The highest BCUT2D eigenvalue weighted by Gasteiger charge is 2.10. The summed E-state index contributed by atoms with van der Waals surface area (Å²) < 4.78 is 1.85. The van der Waals surface area contributed by atoms with Crippen LogP contribution in [0.5, 0.6) is 0 Å². The summed E-state index contributed by atoms with van der Waals surface area (Å²) in [7, 11) is 1.87. The van der Waals surface area contributed by atoms with Gasteiger partial charge < -0.3 is 15.2 Å². The number of hydrogen-bond donors (Lipinski definition) is 2. The highest BCUT2D eigenvalue weighted by molar-refractivity contribution is 6.33. The monoisotopic (exact) mass is 293 g/mol. The maximum Gasteiger partial charge on any atom is 0.253 e. The third kappa shape index (κ3) is 3.27. The lowest BCUT2D eigenvalue weighted by Gasteiger charge is -2.08. The first-order valence-electron chi connectivity index (χ1n) is 6.25. The molecule has 2 aromatic heterocycles. The lowest BCUT2D eigenvalue weighted by atomic mass is 10.2. The smallest absolute Gasteiger partial charge is 0.253 e. The van der Waals surface area contributed by atoms with Gasteiger partial charge in [0.15, 0.2) is 0 Å². The molecule has 0 spiro atoms. The van der Waals surface area contributed by atoms with Crippen LogP contribution in [0.3, 0.4) is 0 Å². The van der Waals surface area contributed by atoms with Crippen molar-refractivity contribution in [3.63, 3.8) is 0 Å². The molecule has 0 saturated carbocycles. The summed E-state index contributed by atoms with van der Waals surface area (Å²) in [6.07, 6.45) is 5.01. The number of halogens is 1. The van der Waals surface area contributed by atoms with E-state index in [0.29, 0.717) is 22.9 Å². The zero-order chi connectivity index (χ0) is 14.5. The maximum atomic E-state index is 12.0. The minimum Gasteiger partial charge on any atom is -0.369 e. The first kappa shape index (κ1) is 14.3. The number of pyridine rings is 1. The number of hydrogen-bond acceptors (Lipinski definition) is 4. The minimum atomic E-state index is -0.231. The zero-order valence-electron chi connectivity index (χ0n) is 11.4. The van der Waals surface area contributed by atoms with Crippen LogP contribution in [-0.4, -0.2) is 27.0 Å². The molecule has 7 heteroatoms. The molecule has 1 amide bonds. The lowest BCUT2D eigenvalue weighted by molar-refractivity contribution is 0.0949. The number of nitrogens with zero attached hydrogens (tertiary/aromatic N) is 3. The van der Waals surface area contributed by atoms with E-state index in [-0.39, 0.29) is 5.91 Å². The summed E-state index contributed by atoms with van der Waals surface area (Å²) in [6, 6.07) is 1.60. The van der Waals surface area contributed by atoms with Crippen molar-refractivity contribution < 1.29 is 4.79 Å². The van der Waals surface area contributed by atoms with Crippen molar-refractivity contribution in [2.45, 2.75) is 13.5 Å². The minimum absolute atomic E-state index is 0.231. The fourth-order valence-electron chi connectivity index (χ4n) is 1.69. The SMILES string of the molecule is CCNc1ncc(C(=O)NCc2nccn2C)cc1Cl. The molecule has 2 rings (SSSR count). The highest BCUT2D eigenvalue weighted by atomic mass is 35.5. The van der Waals surface area contributed by atoms with Crippen LogP contribution >= 0.6 is 11.6 Å². The predicted molar refractivity (Wildman–Crippen MR) is 77.8 cm³/mol. The molecule has 0 aliphatic carbocycles. The number of anilines is 1. The van der Waals surface area contributed by atoms with Crippen molar-refractivity contribution in [2.24, 2.45) is 7.05 Å². The van der Waals surface area contributed by atoms with Crippen LogP contribution in [0.25, 0.3) is 0 Å². The van der Waals surface area contributed by atoms with Gasteiger partial charge in [0.2, 0.25) is 0 Å². The molecular weight excluding hydrogens is 278 g/mol. The number of carbonyl (C=O) groups excluding carboxylic acids is 1. The Morgan fingerprint density at radius 1 is 1.45 bits per heavy atom. The van der Waals surface area contributed by atoms with Crippen LogP contribution in [0.2, 0.25) is 5.02 Å². The Balaban J connectivity index is 2.02. The van der Waals surface area contributed by atoms with E-state index in [1.165, 1.54) is 6.20 Å². The van der Waals surface area contributed by atoms with Gasteiger partial charge in [0.1, 0.15) is 11.6 Å². The van der Waals surface area contributed by atoms with Gasteiger partial charge in [-0.1, -0.05) is 11.6 Å². The molecule has 0 saturated heterocycles. The van der Waals surface area contributed by atoms with E-state index in [1.54, 1.807) is 12.3 Å². The average Bonchev–Trinajstić information content (AvgIpc) is 2.84. The van der Waals surface area contributed by atoms with Crippen LogP contribution in [0.1, 0.15) is 23.1 Å². The molecule has 2 heterocycles. The first-order chi connectivity index (χ1) is 9.61. The second kappa shape index (κ2) is 6.38. The normalized spacial score (nSPS) is 10.3. The van der Waals surface area contributed by atoms with Crippen molar-refractivity contribution in [3.05, 3.63) is 41.1 Å². The Morgan fingerprint density at radius 2 is 2.25 bits per heavy atom. The second-order valence-electron chi connectivity index (χ2n) is 4.22. The van der Waals surface area contributed by atoms with Crippen molar-refractivity contribution in [3.8, 4) is 0 Å². The second-order valence-corrected chi connectivity index (χ2v) is 4.63. The van der Waals surface area contributed by atoms with Crippen LogP contribution in [-0.2, 0) is 13.6 Å². The Hall–Kier alpha value is -2.08. The fourth-order valence-corrected chi connectivity index (χ4v) is 1.92. The maximum absolute atomic E-state index is 12.0. The number of aryl methyl sites for hydroxylation is 1. The van der Waals surface area contributed by atoms with Gasteiger partial charge in [-0.2, -0.15) is 0 Å². The third-order valence-electron chi connectivity index (χ3n) is 2.78. The number of rotatable bonds is 5. The van der Waals surface area contributed by atoms with Crippen LogP contribution < -0.4 is 10.6 Å². The van der Waals surface area contributed by atoms with Crippen LogP contribution in [0, 0.1) is 0 Å². The lowest BCUT2D eigenvalue weighted by Crippen LogP contribution is -2.24. The average molecular weight is 294 g/mol.